The number of aliphatic hydroxyl groups excluding tert-OH is 2. The van der Waals surface area contributed by atoms with Crippen LogP contribution in [0.4, 0.5) is 0 Å². The van der Waals surface area contributed by atoms with Gasteiger partial charge in [0.05, 0.1) is 37.1 Å². The number of allylic oxidation sites excluding steroid dienone is 2. The summed E-state index contributed by atoms with van der Waals surface area (Å²) >= 11 is 0. The van der Waals surface area contributed by atoms with E-state index in [1.54, 1.807) is 5.57 Å². The van der Waals surface area contributed by atoms with Crippen LogP contribution in [0.25, 0.3) is 0 Å². The van der Waals surface area contributed by atoms with Crippen LogP contribution in [-0.4, -0.2) is 99.4 Å². The molecule has 6 N–H and O–H groups in total. The Labute approximate surface area is 424 Å². The number of fused-ring (bicyclic) bond motifs is 8. The first-order chi connectivity index (χ1) is 32.9. The summed E-state index contributed by atoms with van der Waals surface area (Å²) in [5, 5.41) is 57.8. The lowest BCUT2D eigenvalue weighted by atomic mass is 9.42. The molecule has 4 unspecified atom stereocenters. The van der Waals surface area contributed by atoms with Crippen LogP contribution in [0.5, 0.6) is 0 Å². The molecule has 13 aliphatic rings. The molecule has 0 aromatic heterocycles. The van der Waals surface area contributed by atoms with E-state index in [4.69, 9.17) is 25.0 Å². The highest BCUT2D eigenvalue weighted by Crippen LogP contribution is 2.73. The van der Waals surface area contributed by atoms with E-state index in [9.17, 15) is 38.5 Å². The summed E-state index contributed by atoms with van der Waals surface area (Å²) < 4.78 is 60.8. The van der Waals surface area contributed by atoms with Gasteiger partial charge < -0.3 is 39.7 Å². The SMILES string of the molecule is C=C1C[C@@H](C(C)(C)O)C[C@H](C(C)[C@H]2CCC3C4=C(CC[C@@]32C)[C@@]23CO[C@](O)([C@@H](O)C2)C(C)(C)C3[C@@H](OS(=O)(=O)O)C4)O[C@H]1CC[C@@H](C)[C@H]1CCC2C3=C(CC[C@@]21C)[C@@]12CO[C@](O)([C@@H](O)C1)C(C)(C)C2=CC3. The number of hydrogen-bond acceptors (Lipinski definition) is 11. The van der Waals surface area contributed by atoms with Crippen LogP contribution < -0.4 is 0 Å². The van der Waals surface area contributed by atoms with E-state index in [0.717, 1.165) is 69.8 Å². The van der Waals surface area contributed by atoms with Gasteiger partial charge in [-0.3, -0.25) is 4.55 Å². The molecule has 13 heteroatoms. The van der Waals surface area contributed by atoms with Crippen molar-refractivity contribution in [1.29, 1.82) is 0 Å². The van der Waals surface area contributed by atoms with Gasteiger partial charge in [-0.1, -0.05) is 95.9 Å². The quantitative estimate of drug-likeness (QED) is 0.0949. The third-order valence-electron chi connectivity index (χ3n) is 24.1. The lowest BCUT2D eigenvalue weighted by Crippen LogP contribution is -2.76. The maximum atomic E-state index is 12.6. The van der Waals surface area contributed by atoms with Crippen LogP contribution in [0.15, 0.2) is 46.1 Å². The molecular weight excluding hydrogens is 921 g/mol. The molecule has 71 heavy (non-hydrogen) atoms. The van der Waals surface area contributed by atoms with Crippen molar-refractivity contribution in [1.82, 2.24) is 0 Å². The molecular formula is C58H88O12S. The zero-order valence-electron chi connectivity index (χ0n) is 44.6. The lowest BCUT2D eigenvalue weighted by molar-refractivity contribution is -0.408. The monoisotopic (exact) mass is 1010 g/mol. The Morgan fingerprint density at radius 2 is 1.46 bits per heavy atom. The van der Waals surface area contributed by atoms with Gasteiger partial charge in [0.25, 0.3) is 0 Å². The predicted molar refractivity (Wildman–Crippen MR) is 268 cm³/mol. The molecule has 4 bridgehead atoms. The van der Waals surface area contributed by atoms with E-state index in [2.05, 4.69) is 33.8 Å². The molecule has 4 saturated carbocycles. The summed E-state index contributed by atoms with van der Waals surface area (Å²) in [6.45, 7) is 26.7. The molecule has 398 valence electrons. The largest absolute Gasteiger partial charge is 0.397 e. The van der Waals surface area contributed by atoms with Gasteiger partial charge in [0, 0.05) is 27.6 Å². The molecule has 5 aliphatic heterocycles. The maximum Gasteiger partial charge on any atom is 0.397 e. The Morgan fingerprint density at radius 1 is 0.845 bits per heavy atom. The fraction of sp³-hybridized carbons (Fsp3) is 0.862. The van der Waals surface area contributed by atoms with Crippen molar-refractivity contribution in [2.75, 3.05) is 13.2 Å². The average Bonchev–Trinajstić information content (AvgIpc) is 3.75. The zero-order chi connectivity index (χ0) is 51.2. The van der Waals surface area contributed by atoms with E-state index in [-0.39, 0.29) is 65.2 Å². The topological polar surface area (TPSA) is 192 Å². The Hall–Kier alpha value is -1.49. The van der Waals surface area contributed by atoms with Crippen LogP contribution in [0, 0.1) is 79.8 Å². The molecule has 0 aromatic rings. The van der Waals surface area contributed by atoms with Crippen molar-refractivity contribution in [3.63, 3.8) is 0 Å². The Kier molecular flexibility index (Phi) is 11.8. The Bertz CT molecular complexity index is 2430. The molecule has 0 aromatic carbocycles. The standard InChI is InChI=1S/C58H88O12S/c1-31(37-14-16-39-35-13-19-46-50(4,5)57(62)47(59)27-55(46,29-67-57)41(35)20-22-53(37,39)10)12-18-43-32(2)24-34(52(8,9)61)25-44(69-43)33(3)38-15-17-40-36-26-45(70-71(64,65)66)49-51(6,7)58(63)48(60)28-56(49,30-68-58)42(36)21-23-54(38,40)11/h19,31,33-34,37-40,43-45,47-49,59-63H,2,12-18,20-30H2,1,3-11H3,(H,64,65,66)/t31-,33?,34-,37-,38-,39?,40?,43+,44-,45+,47+,48+,49?,53-,54-,55+,56+,57-,58-/m1/s1. The first kappa shape index (κ1) is 51.6. The molecule has 2 spiro atoms. The number of aliphatic hydroxyl groups is 5. The van der Waals surface area contributed by atoms with Crippen molar-refractivity contribution < 1.29 is 56.9 Å². The van der Waals surface area contributed by atoms with Crippen molar-refractivity contribution in [2.24, 2.45) is 79.8 Å². The molecule has 5 saturated heterocycles. The van der Waals surface area contributed by atoms with E-state index in [1.807, 2.05) is 41.5 Å². The van der Waals surface area contributed by atoms with Crippen molar-refractivity contribution in [3.05, 3.63) is 46.1 Å². The molecule has 12 nitrogen and oxygen atoms in total. The van der Waals surface area contributed by atoms with E-state index in [1.165, 1.54) is 35.1 Å². The lowest BCUT2D eigenvalue weighted by Gasteiger charge is -2.69. The van der Waals surface area contributed by atoms with E-state index >= 15 is 0 Å². The molecule has 0 amide bonds. The third-order valence-corrected chi connectivity index (χ3v) is 24.6. The van der Waals surface area contributed by atoms with Crippen molar-refractivity contribution >= 4 is 10.4 Å². The first-order valence-corrected chi connectivity index (χ1v) is 29.2. The summed E-state index contributed by atoms with van der Waals surface area (Å²) in [7, 11) is -4.83. The van der Waals surface area contributed by atoms with Gasteiger partial charge in [0.15, 0.2) is 5.79 Å². The highest BCUT2D eigenvalue weighted by atomic mass is 32.3. The highest BCUT2D eigenvalue weighted by Gasteiger charge is 2.75. The van der Waals surface area contributed by atoms with Gasteiger partial charge in [-0.15, -0.1) is 0 Å². The van der Waals surface area contributed by atoms with Crippen LogP contribution in [0.3, 0.4) is 0 Å². The first-order valence-electron chi connectivity index (χ1n) is 27.9. The average molecular weight is 1010 g/mol. The molecule has 8 aliphatic carbocycles. The molecule has 19 atom stereocenters. The molecule has 9 fully saturated rings. The second-order valence-corrected chi connectivity index (χ2v) is 29.1. The van der Waals surface area contributed by atoms with Gasteiger partial charge in [0.1, 0.15) is 12.2 Å². The van der Waals surface area contributed by atoms with Crippen molar-refractivity contribution in [3.8, 4) is 0 Å². The summed E-state index contributed by atoms with van der Waals surface area (Å²) in [5.74, 6) is -1.81. The van der Waals surface area contributed by atoms with Crippen LogP contribution in [-0.2, 0) is 28.8 Å². The molecule has 5 heterocycles. The maximum absolute atomic E-state index is 12.6. The summed E-state index contributed by atoms with van der Waals surface area (Å²) in [5.41, 5.74) is 4.16. The van der Waals surface area contributed by atoms with Crippen molar-refractivity contribution in [2.45, 2.75) is 220 Å². The van der Waals surface area contributed by atoms with Gasteiger partial charge in [0.2, 0.25) is 5.79 Å². The fourth-order valence-corrected chi connectivity index (χ4v) is 20.9. The number of hydrogen-bond donors (Lipinski definition) is 6. The smallest absolute Gasteiger partial charge is 0.390 e. The van der Waals surface area contributed by atoms with Gasteiger partial charge >= 0.3 is 10.4 Å². The fourth-order valence-electron chi connectivity index (χ4n) is 20.5. The normalized spacial score (nSPS) is 49.5. The summed E-state index contributed by atoms with van der Waals surface area (Å²) in [4.78, 5) is 0. The summed E-state index contributed by atoms with van der Waals surface area (Å²) in [6, 6.07) is 0. The molecule has 0 radical (unpaired) electrons. The number of ether oxygens (including phenoxy) is 3. The zero-order valence-corrected chi connectivity index (χ0v) is 45.4. The minimum Gasteiger partial charge on any atom is -0.390 e. The Balaban J connectivity index is 0.821. The minimum atomic E-state index is -4.83. The van der Waals surface area contributed by atoms with Crippen LogP contribution >= 0.6 is 0 Å². The van der Waals surface area contributed by atoms with Gasteiger partial charge in [-0.25, -0.2) is 4.18 Å². The third kappa shape index (κ3) is 7.04. The Morgan fingerprint density at radius 3 is 2.11 bits per heavy atom. The second kappa shape index (κ2) is 16.3. The minimum absolute atomic E-state index is 0.0164. The van der Waals surface area contributed by atoms with E-state index < -0.39 is 68.0 Å². The summed E-state index contributed by atoms with van der Waals surface area (Å²) in [6.07, 6.45) is 12.7. The number of rotatable bonds is 9. The highest BCUT2D eigenvalue weighted by molar-refractivity contribution is 7.80. The van der Waals surface area contributed by atoms with Crippen LogP contribution in [0.2, 0.25) is 0 Å². The van der Waals surface area contributed by atoms with Crippen LogP contribution in [0.1, 0.15) is 172 Å². The molecule has 13 rings (SSSR count). The predicted octanol–water partition coefficient (Wildman–Crippen LogP) is 9.31. The van der Waals surface area contributed by atoms with Gasteiger partial charge in [-0.2, -0.15) is 8.42 Å². The van der Waals surface area contributed by atoms with Gasteiger partial charge in [-0.05, 0) is 174 Å². The van der Waals surface area contributed by atoms with E-state index in [0.29, 0.717) is 43.6 Å². The second-order valence-electron chi connectivity index (χ2n) is 28.1.